The summed E-state index contributed by atoms with van der Waals surface area (Å²) in [5.74, 6) is 0.134. The standard InChI is InChI=1S/C21H28N4O/c1-2-17-6-8-18(9-7-17)21(26)24-12-5-13-25-16-22-19(20(25)15-24)14-23-10-3-4-11-23/h6-9,16H,2-5,10-15H2,1H3. The molecular weight excluding hydrogens is 324 g/mol. The van der Waals surface area contributed by atoms with Crippen molar-refractivity contribution in [3.63, 3.8) is 0 Å². The average Bonchev–Trinajstić information content (AvgIpc) is 3.26. The molecule has 0 spiro atoms. The molecule has 2 aromatic rings. The highest BCUT2D eigenvalue weighted by atomic mass is 16.2. The fourth-order valence-electron chi connectivity index (χ4n) is 4.04. The average molecular weight is 352 g/mol. The van der Waals surface area contributed by atoms with E-state index < -0.39 is 0 Å². The van der Waals surface area contributed by atoms with Crippen molar-refractivity contribution in [1.29, 1.82) is 0 Å². The Morgan fingerprint density at radius 3 is 2.54 bits per heavy atom. The first kappa shape index (κ1) is 17.3. The molecule has 0 bridgehead atoms. The van der Waals surface area contributed by atoms with E-state index in [2.05, 4.69) is 33.5 Å². The van der Waals surface area contributed by atoms with Crippen molar-refractivity contribution in [2.45, 2.75) is 52.2 Å². The Morgan fingerprint density at radius 1 is 1.04 bits per heavy atom. The summed E-state index contributed by atoms with van der Waals surface area (Å²) >= 11 is 0. The third-order valence-corrected chi connectivity index (χ3v) is 5.67. The van der Waals surface area contributed by atoms with Crippen LogP contribution in [0.3, 0.4) is 0 Å². The number of carbonyl (C=O) groups excluding carboxylic acids is 1. The molecule has 1 amide bonds. The molecule has 138 valence electrons. The molecule has 5 heteroatoms. The number of carbonyl (C=O) groups is 1. The number of amides is 1. The van der Waals surface area contributed by atoms with Gasteiger partial charge in [-0.05, 0) is 56.5 Å². The number of hydrogen-bond acceptors (Lipinski definition) is 3. The van der Waals surface area contributed by atoms with E-state index in [-0.39, 0.29) is 5.91 Å². The summed E-state index contributed by atoms with van der Waals surface area (Å²) < 4.78 is 2.25. The van der Waals surface area contributed by atoms with Crippen molar-refractivity contribution in [2.75, 3.05) is 19.6 Å². The zero-order valence-electron chi connectivity index (χ0n) is 15.7. The molecule has 3 heterocycles. The monoisotopic (exact) mass is 352 g/mol. The highest BCUT2D eigenvalue weighted by Gasteiger charge is 2.24. The fourth-order valence-corrected chi connectivity index (χ4v) is 4.04. The van der Waals surface area contributed by atoms with E-state index in [0.717, 1.165) is 43.7 Å². The maximum atomic E-state index is 13.0. The second-order valence-electron chi connectivity index (χ2n) is 7.45. The van der Waals surface area contributed by atoms with Crippen LogP contribution in [0.15, 0.2) is 30.6 Å². The van der Waals surface area contributed by atoms with Crippen molar-refractivity contribution in [2.24, 2.45) is 0 Å². The Hall–Kier alpha value is -2.14. The third kappa shape index (κ3) is 3.54. The van der Waals surface area contributed by atoms with Gasteiger partial charge in [-0.3, -0.25) is 9.69 Å². The number of imidazole rings is 1. The van der Waals surface area contributed by atoms with Crippen LogP contribution in [-0.2, 0) is 26.1 Å². The molecule has 0 atom stereocenters. The predicted octanol–water partition coefficient (Wildman–Crippen LogP) is 3.09. The number of rotatable bonds is 4. The van der Waals surface area contributed by atoms with Crippen LogP contribution < -0.4 is 0 Å². The minimum absolute atomic E-state index is 0.134. The van der Waals surface area contributed by atoms with Crippen LogP contribution in [0.25, 0.3) is 0 Å². The summed E-state index contributed by atoms with van der Waals surface area (Å²) in [6.45, 7) is 7.79. The number of hydrogen-bond donors (Lipinski definition) is 0. The molecule has 4 rings (SSSR count). The number of likely N-dealkylation sites (tertiary alicyclic amines) is 1. The molecule has 1 fully saturated rings. The van der Waals surface area contributed by atoms with E-state index in [4.69, 9.17) is 0 Å². The first-order valence-corrected chi connectivity index (χ1v) is 9.88. The van der Waals surface area contributed by atoms with Gasteiger partial charge in [0.15, 0.2) is 0 Å². The van der Waals surface area contributed by atoms with Gasteiger partial charge < -0.3 is 9.47 Å². The first-order chi connectivity index (χ1) is 12.7. The molecule has 0 saturated carbocycles. The van der Waals surface area contributed by atoms with Gasteiger partial charge in [0.05, 0.1) is 24.3 Å². The Morgan fingerprint density at radius 2 is 1.81 bits per heavy atom. The largest absolute Gasteiger partial charge is 0.333 e. The zero-order valence-corrected chi connectivity index (χ0v) is 15.7. The molecular formula is C21H28N4O. The van der Waals surface area contributed by atoms with Gasteiger partial charge in [0.1, 0.15) is 0 Å². The van der Waals surface area contributed by atoms with Crippen molar-refractivity contribution >= 4 is 5.91 Å². The normalized spacial score (nSPS) is 18.0. The number of aryl methyl sites for hydroxylation is 2. The molecule has 2 aliphatic heterocycles. The van der Waals surface area contributed by atoms with Crippen molar-refractivity contribution in [3.05, 3.63) is 53.1 Å². The van der Waals surface area contributed by atoms with Crippen LogP contribution in [0.1, 0.15) is 53.5 Å². The zero-order chi connectivity index (χ0) is 17.9. The van der Waals surface area contributed by atoms with Crippen LogP contribution in [0.2, 0.25) is 0 Å². The van der Waals surface area contributed by atoms with Gasteiger partial charge in [0.2, 0.25) is 0 Å². The maximum Gasteiger partial charge on any atom is 0.254 e. The Labute approximate surface area is 155 Å². The SMILES string of the molecule is CCc1ccc(C(=O)N2CCCn3cnc(CN4CCCC4)c3C2)cc1. The van der Waals surface area contributed by atoms with Crippen molar-refractivity contribution in [1.82, 2.24) is 19.4 Å². The second-order valence-corrected chi connectivity index (χ2v) is 7.45. The molecule has 0 unspecified atom stereocenters. The number of fused-ring (bicyclic) bond motifs is 1. The Balaban J connectivity index is 1.52. The lowest BCUT2D eigenvalue weighted by atomic mass is 10.1. The number of benzene rings is 1. The van der Waals surface area contributed by atoms with Gasteiger partial charge in [-0.1, -0.05) is 19.1 Å². The molecule has 1 saturated heterocycles. The lowest BCUT2D eigenvalue weighted by Gasteiger charge is -2.21. The smallest absolute Gasteiger partial charge is 0.254 e. The van der Waals surface area contributed by atoms with Crippen molar-refractivity contribution < 1.29 is 4.79 Å². The van der Waals surface area contributed by atoms with E-state index in [1.165, 1.54) is 37.2 Å². The summed E-state index contributed by atoms with van der Waals surface area (Å²) in [4.78, 5) is 22.2. The van der Waals surface area contributed by atoms with Gasteiger partial charge in [0.25, 0.3) is 5.91 Å². The molecule has 0 radical (unpaired) electrons. The van der Waals surface area contributed by atoms with Crippen LogP contribution in [0, 0.1) is 0 Å². The highest BCUT2D eigenvalue weighted by molar-refractivity contribution is 5.94. The molecule has 2 aliphatic rings. The van der Waals surface area contributed by atoms with E-state index in [0.29, 0.717) is 6.54 Å². The van der Waals surface area contributed by atoms with Gasteiger partial charge >= 0.3 is 0 Å². The van der Waals surface area contributed by atoms with Gasteiger partial charge in [-0.2, -0.15) is 0 Å². The number of nitrogens with zero attached hydrogens (tertiary/aromatic N) is 4. The van der Waals surface area contributed by atoms with Gasteiger partial charge in [-0.25, -0.2) is 4.98 Å². The maximum absolute atomic E-state index is 13.0. The van der Waals surface area contributed by atoms with Crippen LogP contribution in [0.4, 0.5) is 0 Å². The molecule has 0 aliphatic carbocycles. The Bertz CT molecular complexity index is 759. The molecule has 1 aromatic carbocycles. The molecule has 5 nitrogen and oxygen atoms in total. The van der Waals surface area contributed by atoms with Gasteiger partial charge in [-0.15, -0.1) is 0 Å². The molecule has 1 aromatic heterocycles. The van der Waals surface area contributed by atoms with E-state index >= 15 is 0 Å². The topological polar surface area (TPSA) is 41.4 Å². The van der Waals surface area contributed by atoms with E-state index in [1.807, 2.05) is 23.4 Å². The minimum atomic E-state index is 0.134. The van der Waals surface area contributed by atoms with Crippen LogP contribution in [-0.4, -0.2) is 44.9 Å². The van der Waals surface area contributed by atoms with E-state index in [1.54, 1.807) is 0 Å². The molecule has 0 N–H and O–H groups in total. The summed E-state index contributed by atoms with van der Waals surface area (Å²) in [5, 5.41) is 0. The summed E-state index contributed by atoms with van der Waals surface area (Å²) in [5.41, 5.74) is 4.42. The molecule has 26 heavy (non-hydrogen) atoms. The summed E-state index contributed by atoms with van der Waals surface area (Å²) in [6.07, 6.45) is 6.51. The highest BCUT2D eigenvalue weighted by Crippen LogP contribution is 2.21. The first-order valence-electron chi connectivity index (χ1n) is 9.88. The van der Waals surface area contributed by atoms with Gasteiger partial charge in [0, 0.05) is 25.2 Å². The number of aromatic nitrogens is 2. The fraction of sp³-hybridized carbons (Fsp3) is 0.524. The lowest BCUT2D eigenvalue weighted by Crippen LogP contribution is -2.31. The predicted molar refractivity (Wildman–Crippen MR) is 102 cm³/mol. The van der Waals surface area contributed by atoms with Crippen LogP contribution in [0.5, 0.6) is 0 Å². The Kier molecular flexibility index (Phi) is 5.07. The van der Waals surface area contributed by atoms with Crippen molar-refractivity contribution in [3.8, 4) is 0 Å². The lowest BCUT2D eigenvalue weighted by molar-refractivity contribution is 0.0745. The van der Waals surface area contributed by atoms with Crippen LogP contribution >= 0.6 is 0 Å². The minimum Gasteiger partial charge on any atom is -0.333 e. The summed E-state index contributed by atoms with van der Waals surface area (Å²) in [6, 6.07) is 8.06. The second kappa shape index (κ2) is 7.62. The summed E-state index contributed by atoms with van der Waals surface area (Å²) in [7, 11) is 0. The third-order valence-electron chi connectivity index (χ3n) is 5.67. The van der Waals surface area contributed by atoms with E-state index in [9.17, 15) is 4.79 Å². The quantitative estimate of drug-likeness (QED) is 0.849.